The Morgan fingerprint density at radius 2 is 1.79 bits per heavy atom. The first-order valence-electron chi connectivity index (χ1n) is 11.4. The lowest BCUT2D eigenvalue weighted by Gasteiger charge is -2.28. The molecule has 1 heterocycles. The minimum atomic E-state index is -1.25. The molecule has 7 nitrogen and oxygen atoms in total. The lowest BCUT2D eigenvalue weighted by atomic mass is 9.93. The van der Waals surface area contributed by atoms with E-state index in [1.165, 1.54) is 6.42 Å². The summed E-state index contributed by atoms with van der Waals surface area (Å²) in [6.07, 6.45) is 3.13. The molecule has 180 valence electrons. The second-order valence-electron chi connectivity index (χ2n) is 8.51. The lowest BCUT2D eigenvalue weighted by Crippen LogP contribution is -2.42. The van der Waals surface area contributed by atoms with E-state index in [2.05, 4.69) is 20.0 Å². The van der Waals surface area contributed by atoms with Crippen molar-refractivity contribution >= 4 is 33.8 Å². The number of aromatic amines is 1. The van der Waals surface area contributed by atoms with Crippen molar-refractivity contribution in [2.45, 2.75) is 77.3 Å². The maximum absolute atomic E-state index is 12.1. The van der Waals surface area contributed by atoms with Crippen LogP contribution in [-0.4, -0.2) is 31.9 Å². The van der Waals surface area contributed by atoms with Gasteiger partial charge in [-0.05, 0) is 77.3 Å². The number of amides is 1. The first-order valence-corrected chi connectivity index (χ1v) is 12.5. The number of nitrogens with zero attached hydrogens (tertiary/aromatic N) is 1. The smallest absolute Gasteiger partial charge is 0.407 e. The normalized spacial score (nSPS) is 14.0. The fourth-order valence-corrected chi connectivity index (χ4v) is 3.80. The van der Waals surface area contributed by atoms with Gasteiger partial charge in [-0.1, -0.05) is 32.0 Å². The minimum Gasteiger partial charge on any atom is -0.444 e. The maximum atomic E-state index is 12.1. The molecule has 33 heavy (non-hydrogen) atoms. The zero-order valence-corrected chi connectivity index (χ0v) is 21.2. The van der Waals surface area contributed by atoms with Crippen molar-refractivity contribution < 1.29 is 13.7 Å². The van der Waals surface area contributed by atoms with Gasteiger partial charge in [0.25, 0.3) is 0 Å². The molecule has 1 unspecified atom stereocenters. The van der Waals surface area contributed by atoms with E-state index in [0.29, 0.717) is 6.04 Å². The van der Waals surface area contributed by atoms with Crippen molar-refractivity contribution in [1.82, 2.24) is 15.3 Å². The molecular weight excluding hydrogens is 436 g/mol. The van der Waals surface area contributed by atoms with E-state index < -0.39 is 11.0 Å². The highest BCUT2D eigenvalue weighted by Crippen LogP contribution is 2.19. The largest absolute Gasteiger partial charge is 0.444 e. The molecule has 1 fully saturated rings. The molecule has 0 saturated heterocycles. The van der Waals surface area contributed by atoms with Crippen LogP contribution in [0.5, 0.6) is 0 Å². The predicted molar refractivity (Wildman–Crippen MR) is 136 cm³/mol. The summed E-state index contributed by atoms with van der Waals surface area (Å²) >= 11 is 0. The molecule has 3 aromatic rings. The molecule has 1 aliphatic rings. The highest BCUT2D eigenvalue weighted by Gasteiger charge is 2.22. The van der Waals surface area contributed by atoms with E-state index in [4.69, 9.17) is 4.74 Å². The van der Waals surface area contributed by atoms with Gasteiger partial charge < -0.3 is 19.8 Å². The summed E-state index contributed by atoms with van der Waals surface area (Å²) in [5.74, 6) is 0.872. The van der Waals surface area contributed by atoms with Gasteiger partial charge in [0.2, 0.25) is 0 Å². The van der Waals surface area contributed by atoms with Gasteiger partial charge in [-0.2, -0.15) is 0 Å². The topological polar surface area (TPSA) is 96.1 Å². The molecule has 4 rings (SSSR count). The number of anilines is 1. The van der Waals surface area contributed by atoms with Crippen LogP contribution in [0.2, 0.25) is 0 Å². The number of rotatable bonds is 4. The number of ether oxygens (including phenoxy) is 1. The van der Waals surface area contributed by atoms with Crippen molar-refractivity contribution in [3.05, 3.63) is 54.4 Å². The maximum Gasteiger partial charge on any atom is 0.407 e. The van der Waals surface area contributed by atoms with Crippen LogP contribution in [0.1, 0.15) is 59.7 Å². The molecule has 0 bridgehead atoms. The lowest BCUT2D eigenvalue weighted by molar-refractivity contribution is 0.0480. The third-order valence-corrected chi connectivity index (χ3v) is 5.72. The Hall–Kier alpha value is -2.87. The van der Waals surface area contributed by atoms with Crippen LogP contribution < -0.4 is 10.0 Å². The fourth-order valence-electron chi connectivity index (χ4n) is 2.94. The van der Waals surface area contributed by atoms with Crippen molar-refractivity contribution in [3.63, 3.8) is 0 Å². The van der Waals surface area contributed by atoms with E-state index in [9.17, 15) is 9.00 Å². The van der Waals surface area contributed by atoms with Crippen LogP contribution in [0, 0.1) is 6.92 Å². The van der Waals surface area contributed by atoms with Crippen molar-refractivity contribution in [2.75, 3.05) is 4.72 Å². The number of alkyl carbamates (subject to hydrolysis) is 1. The van der Waals surface area contributed by atoms with Gasteiger partial charge >= 0.3 is 6.09 Å². The van der Waals surface area contributed by atoms with Gasteiger partial charge in [0.1, 0.15) is 22.4 Å². The fraction of sp³-hybridized carbons (Fsp3) is 0.440. The zero-order valence-electron chi connectivity index (χ0n) is 20.4. The van der Waals surface area contributed by atoms with Crippen LogP contribution in [0.25, 0.3) is 11.0 Å². The Morgan fingerprint density at radius 1 is 1.12 bits per heavy atom. The SMILES string of the molecule is CC.CC(C)(C)OC(=O)NC1CCC1.Cc1nc2ccc(NS(=O)c3ccccc3)cc2[nH]1. The van der Waals surface area contributed by atoms with Crippen LogP contribution in [0.3, 0.4) is 0 Å². The van der Waals surface area contributed by atoms with Gasteiger partial charge in [-0.15, -0.1) is 0 Å². The summed E-state index contributed by atoms with van der Waals surface area (Å²) in [6.45, 7) is 11.5. The Labute approximate surface area is 199 Å². The number of fused-ring (bicyclic) bond motifs is 1. The summed E-state index contributed by atoms with van der Waals surface area (Å²) < 4.78 is 20.2. The average Bonchev–Trinajstić information content (AvgIpc) is 3.11. The highest BCUT2D eigenvalue weighted by molar-refractivity contribution is 7.86. The molecule has 1 saturated carbocycles. The number of hydrogen-bond donors (Lipinski definition) is 3. The molecule has 1 aliphatic carbocycles. The number of nitrogens with one attached hydrogen (secondary N) is 3. The summed E-state index contributed by atoms with van der Waals surface area (Å²) in [4.78, 5) is 19.4. The number of aryl methyl sites for hydroxylation is 1. The zero-order chi connectivity index (χ0) is 24.4. The second kappa shape index (κ2) is 12.4. The van der Waals surface area contributed by atoms with Crippen LogP contribution in [0.15, 0.2) is 53.4 Å². The van der Waals surface area contributed by atoms with E-state index in [-0.39, 0.29) is 11.7 Å². The predicted octanol–water partition coefficient (Wildman–Crippen LogP) is 6.10. The minimum absolute atomic E-state index is 0.285. The first-order chi connectivity index (χ1) is 15.7. The number of imidazole rings is 1. The van der Waals surface area contributed by atoms with Gasteiger partial charge in [0, 0.05) is 11.7 Å². The number of aromatic nitrogens is 2. The summed E-state index contributed by atoms with van der Waals surface area (Å²) in [6, 6.07) is 15.4. The summed E-state index contributed by atoms with van der Waals surface area (Å²) in [5.41, 5.74) is 2.27. The van der Waals surface area contributed by atoms with E-state index >= 15 is 0 Å². The quantitative estimate of drug-likeness (QED) is 0.428. The molecule has 0 aliphatic heterocycles. The van der Waals surface area contributed by atoms with Gasteiger partial charge in [0.15, 0.2) is 0 Å². The average molecular weight is 473 g/mol. The van der Waals surface area contributed by atoms with Crippen molar-refractivity contribution in [1.29, 1.82) is 0 Å². The molecule has 1 amide bonds. The van der Waals surface area contributed by atoms with Gasteiger partial charge in [-0.25, -0.2) is 14.0 Å². The van der Waals surface area contributed by atoms with E-state index in [1.54, 1.807) is 0 Å². The van der Waals surface area contributed by atoms with E-state index in [1.807, 2.05) is 90.1 Å². The van der Waals surface area contributed by atoms with E-state index in [0.717, 1.165) is 40.3 Å². The molecule has 1 aromatic heterocycles. The first kappa shape index (κ1) is 26.4. The third-order valence-electron chi connectivity index (χ3n) is 4.59. The Balaban J connectivity index is 0.000000238. The van der Waals surface area contributed by atoms with Crippen LogP contribution in [-0.2, 0) is 15.7 Å². The van der Waals surface area contributed by atoms with Crippen LogP contribution >= 0.6 is 0 Å². The Bertz CT molecular complexity index is 1040. The molecule has 1 atom stereocenters. The number of carbonyl (C=O) groups is 1. The Morgan fingerprint density at radius 3 is 2.36 bits per heavy atom. The van der Waals surface area contributed by atoms with Crippen LogP contribution in [0.4, 0.5) is 10.5 Å². The molecule has 3 N–H and O–H groups in total. The number of H-pyrrole nitrogens is 1. The molecule has 2 aromatic carbocycles. The monoisotopic (exact) mass is 472 g/mol. The molecule has 0 spiro atoms. The summed E-state index contributed by atoms with van der Waals surface area (Å²) in [7, 11) is -1.25. The van der Waals surface area contributed by atoms with Crippen molar-refractivity contribution in [2.24, 2.45) is 0 Å². The highest BCUT2D eigenvalue weighted by atomic mass is 32.2. The molecule has 0 radical (unpaired) electrons. The standard InChI is InChI=1S/C14H13N3OS.C9H17NO2.C2H6/c1-10-15-13-8-7-11(9-14(13)16-10)17-19(18)12-5-3-2-4-6-12;1-9(2,3)12-8(11)10-7-5-4-6-7;1-2/h2-9,17H,1H3,(H,15,16);7H,4-6H2,1-3H3,(H,10,11);1-2H3. The number of carbonyl (C=O) groups excluding carboxylic acids is 1. The van der Waals surface area contributed by atoms with Gasteiger partial charge in [0.05, 0.1) is 15.9 Å². The van der Waals surface area contributed by atoms with Crippen molar-refractivity contribution in [3.8, 4) is 0 Å². The molecular formula is C25H36N4O3S. The Kier molecular flexibility index (Phi) is 9.91. The van der Waals surface area contributed by atoms with Gasteiger partial charge in [-0.3, -0.25) is 0 Å². The summed E-state index contributed by atoms with van der Waals surface area (Å²) in [5, 5.41) is 2.81. The molecule has 8 heteroatoms. The number of hydrogen-bond acceptors (Lipinski definition) is 4. The second-order valence-corrected chi connectivity index (χ2v) is 9.73. The number of benzene rings is 2. The third kappa shape index (κ3) is 8.88.